The van der Waals surface area contributed by atoms with E-state index in [-0.39, 0.29) is 30.8 Å². The maximum absolute atomic E-state index is 12.4. The zero-order valence-corrected chi connectivity index (χ0v) is 15.6. The van der Waals surface area contributed by atoms with Crippen molar-refractivity contribution in [3.63, 3.8) is 0 Å². The highest BCUT2D eigenvalue weighted by atomic mass is 35.5. The van der Waals surface area contributed by atoms with Crippen molar-refractivity contribution in [3.05, 3.63) is 52.8 Å². The minimum Gasteiger partial charge on any atom is -0.342 e. The predicted molar refractivity (Wildman–Crippen MR) is 101 cm³/mol. The molecule has 0 aliphatic carbocycles. The molecule has 1 aliphatic rings. The fourth-order valence-corrected chi connectivity index (χ4v) is 2.94. The molecule has 0 unspecified atom stereocenters. The molecule has 0 saturated carbocycles. The lowest BCUT2D eigenvalue weighted by atomic mass is 10.1. The minimum atomic E-state index is -0.315. The van der Waals surface area contributed by atoms with Crippen LogP contribution in [0.3, 0.4) is 0 Å². The number of aromatic nitrogens is 2. The van der Waals surface area contributed by atoms with Gasteiger partial charge in [0.05, 0.1) is 6.54 Å². The molecule has 140 valence electrons. The Labute approximate surface area is 159 Å². The monoisotopic (exact) mass is 377 g/mol. The first-order valence-corrected chi connectivity index (χ1v) is 8.55. The summed E-state index contributed by atoms with van der Waals surface area (Å²) >= 11 is 0. The normalized spacial score (nSPS) is 12.7. The number of nitrogens with zero attached hydrogens (tertiary/aromatic N) is 2. The van der Waals surface area contributed by atoms with Crippen molar-refractivity contribution < 1.29 is 9.59 Å². The van der Waals surface area contributed by atoms with Crippen molar-refractivity contribution in [2.24, 2.45) is 0 Å². The molecule has 2 amide bonds. The molecule has 0 fully saturated rings. The SMILES string of the molecule is CCN(Cc1ccccc1)C(=O)CNC(=O)c1n[nH]c2c1CNCC2.Cl. The standard InChI is InChI=1S/C18H23N5O2.ClH/c1-2-23(12-13-6-4-3-5-7-13)16(24)11-20-18(25)17-14-10-19-9-8-15(14)21-22-17;/h3-7,19H,2,8-12H2,1H3,(H,20,25)(H,21,22);1H. The number of benzene rings is 1. The highest BCUT2D eigenvalue weighted by molar-refractivity contribution is 5.96. The van der Waals surface area contributed by atoms with Crippen molar-refractivity contribution in [3.8, 4) is 0 Å². The van der Waals surface area contributed by atoms with Crippen molar-refractivity contribution in [2.75, 3.05) is 19.6 Å². The van der Waals surface area contributed by atoms with Gasteiger partial charge in [0, 0.05) is 43.9 Å². The molecule has 26 heavy (non-hydrogen) atoms. The molecule has 7 nitrogen and oxygen atoms in total. The van der Waals surface area contributed by atoms with Crippen LogP contribution in [0.1, 0.15) is 34.2 Å². The fraction of sp³-hybridized carbons (Fsp3) is 0.389. The second-order valence-electron chi connectivity index (χ2n) is 6.03. The summed E-state index contributed by atoms with van der Waals surface area (Å²) in [4.78, 5) is 26.5. The average Bonchev–Trinajstić information content (AvgIpc) is 3.09. The second kappa shape index (κ2) is 9.35. The van der Waals surface area contributed by atoms with Gasteiger partial charge < -0.3 is 15.5 Å². The summed E-state index contributed by atoms with van der Waals surface area (Å²) in [6.45, 7) is 4.52. The van der Waals surface area contributed by atoms with Gasteiger partial charge in [0.15, 0.2) is 5.69 Å². The molecular formula is C18H24ClN5O2. The van der Waals surface area contributed by atoms with Gasteiger partial charge in [-0.3, -0.25) is 14.7 Å². The highest BCUT2D eigenvalue weighted by Crippen LogP contribution is 2.15. The first kappa shape index (κ1) is 19.9. The van der Waals surface area contributed by atoms with Gasteiger partial charge in [-0.15, -0.1) is 12.4 Å². The number of H-pyrrole nitrogens is 1. The number of carbonyl (C=O) groups excluding carboxylic acids is 2. The molecule has 3 rings (SSSR count). The van der Waals surface area contributed by atoms with Gasteiger partial charge in [0.1, 0.15) is 0 Å². The Kier molecular flexibility index (Phi) is 7.17. The molecule has 1 aromatic heterocycles. The third-order valence-electron chi connectivity index (χ3n) is 4.37. The van der Waals surface area contributed by atoms with Crippen LogP contribution in [0.2, 0.25) is 0 Å². The van der Waals surface area contributed by atoms with Crippen LogP contribution < -0.4 is 10.6 Å². The smallest absolute Gasteiger partial charge is 0.272 e. The molecular weight excluding hydrogens is 354 g/mol. The quantitative estimate of drug-likeness (QED) is 0.706. The number of hydrogen-bond donors (Lipinski definition) is 3. The van der Waals surface area contributed by atoms with E-state index >= 15 is 0 Å². The summed E-state index contributed by atoms with van der Waals surface area (Å²) in [5.41, 5.74) is 3.33. The number of aromatic amines is 1. The molecule has 3 N–H and O–H groups in total. The summed E-state index contributed by atoms with van der Waals surface area (Å²) in [5.74, 6) is -0.424. The molecule has 0 radical (unpaired) electrons. The Hall–Kier alpha value is -2.38. The van der Waals surface area contributed by atoms with Crippen molar-refractivity contribution in [1.82, 2.24) is 25.7 Å². The van der Waals surface area contributed by atoms with E-state index in [1.165, 1.54) is 0 Å². The van der Waals surface area contributed by atoms with Crippen LogP contribution in [0.5, 0.6) is 0 Å². The Bertz CT molecular complexity index is 747. The lowest BCUT2D eigenvalue weighted by Gasteiger charge is -2.21. The number of carbonyl (C=O) groups is 2. The Morgan fingerprint density at radius 1 is 1.27 bits per heavy atom. The molecule has 0 atom stereocenters. The lowest BCUT2D eigenvalue weighted by Crippen LogP contribution is -2.40. The van der Waals surface area contributed by atoms with Crippen LogP contribution in [0.15, 0.2) is 30.3 Å². The topological polar surface area (TPSA) is 90.1 Å². The van der Waals surface area contributed by atoms with Crippen LogP contribution >= 0.6 is 12.4 Å². The maximum Gasteiger partial charge on any atom is 0.272 e. The third-order valence-corrected chi connectivity index (χ3v) is 4.37. The fourth-order valence-electron chi connectivity index (χ4n) is 2.94. The molecule has 1 aromatic carbocycles. The Morgan fingerprint density at radius 3 is 2.77 bits per heavy atom. The number of fused-ring (bicyclic) bond motifs is 1. The molecule has 8 heteroatoms. The molecule has 0 saturated heterocycles. The van der Waals surface area contributed by atoms with Crippen LogP contribution in [-0.4, -0.2) is 46.5 Å². The summed E-state index contributed by atoms with van der Waals surface area (Å²) in [7, 11) is 0. The molecule has 1 aliphatic heterocycles. The van der Waals surface area contributed by atoms with Crippen LogP contribution in [0.25, 0.3) is 0 Å². The van der Waals surface area contributed by atoms with E-state index in [4.69, 9.17) is 0 Å². The van der Waals surface area contributed by atoms with Crippen molar-refractivity contribution in [2.45, 2.75) is 26.4 Å². The number of hydrogen-bond acceptors (Lipinski definition) is 4. The molecule has 2 aromatic rings. The van der Waals surface area contributed by atoms with E-state index in [2.05, 4.69) is 20.8 Å². The van der Waals surface area contributed by atoms with E-state index in [0.29, 0.717) is 25.3 Å². The maximum atomic E-state index is 12.4. The van der Waals surface area contributed by atoms with E-state index in [0.717, 1.165) is 29.8 Å². The van der Waals surface area contributed by atoms with E-state index in [1.54, 1.807) is 4.90 Å². The highest BCUT2D eigenvalue weighted by Gasteiger charge is 2.22. The average molecular weight is 378 g/mol. The van der Waals surface area contributed by atoms with E-state index in [1.807, 2.05) is 37.3 Å². The largest absolute Gasteiger partial charge is 0.342 e. The first-order valence-electron chi connectivity index (χ1n) is 8.55. The van der Waals surface area contributed by atoms with Crippen LogP contribution in [-0.2, 0) is 24.3 Å². The Balaban J connectivity index is 0.00000243. The van der Waals surface area contributed by atoms with E-state index in [9.17, 15) is 9.59 Å². The van der Waals surface area contributed by atoms with E-state index < -0.39 is 0 Å². The number of rotatable bonds is 6. The van der Waals surface area contributed by atoms with Gasteiger partial charge >= 0.3 is 0 Å². The van der Waals surface area contributed by atoms with Gasteiger partial charge in [0.2, 0.25) is 5.91 Å². The number of halogens is 1. The van der Waals surface area contributed by atoms with Gasteiger partial charge in [0.25, 0.3) is 5.91 Å². The lowest BCUT2D eigenvalue weighted by molar-refractivity contribution is -0.130. The third kappa shape index (κ3) is 4.62. The van der Waals surface area contributed by atoms with Gasteiger partial charge in [-0.2, -0.15) is 5.10 Å². The predicted octanol–water partition coefficient (Wildman–Crippen LogP) is 1.26. The molecule has 0 spiro atoms. The van der Waals surface area contributed by atoms with Gasteiger partial charge in [-0.1, -0.05) is 30.3 Å². The zero-order chi connectivity index (χ0) is 17.6. The van der Waals surface area contributed by atoms with Crippen LogP contribution in [0.4, 0.5) is 0 Å². The summed E-state index contributed by atoms with van der Waals surface area (Å²) < 4.78 is 0. The van der Waals surface area contributed by atoms with Crippen molar-refractivity contribution in [1.29, 1.82) is 0 Å². The number of nitrogens with one attached hydrogen (secondary N) is 3. The minimum absolute atomic E-state index is 0. The number of amides is 2. The van der Waals surface area contributed by atoms with Gasteiger partial charge in [-0.05, 0) is 12.5 Å². The summed E-state index contributed by atoms with van der Waals surface area (Å²) in [6.07, 6.45) is 0.829. The molecule has 2 heterocycles. The second-order valence-corrected chi connectivity index (χ2v) is 6.03. The Morgan fingerprint density at radius 2 is 2.04 bits per heavy atom. The first-order chi connectivity index (χ1) is 12.2. The summed E-state index contributed by atoms with van der Waals surface area (Å²) in [5, 5.41) is 12.9. The summed E-state index contributed by atoms with van der Waals surface area (Å²) in [6, 6.07) is 9.81. The van der Waals surface area contributed by atoms with Crippen LogP contribution in [0, 0.1) is 0 Å². The van der Waals surface area contributed by atoms with Gasteiger partial charge in [-0.25, -0.2) is 0 Å². The van der Waals surface area contributed by atoms with Crippen molar-refractivity contribution >= 4 is 24.2 Å². The zero-order valence-electron chi connectivity index (χ0n) is 14.7. The number of likely N-dealkylation sites (N-methyl/N-ethyl adjacent to an activating group) is 1. The molecule has 0 bridgehead atoms.